The second kappa shape index (κ2) is 6.95. The smallest absolute Gasteiger partial charge is 0.127 e. The van der Waals surface area contributed by atoms with Gasteiger partial charge in [-0.1, -0.05) is 48.5 Å². The van der Waals surface area contributed by atoms with E-state index in [0.29, 0.717) is 6.61 Å². The number of aliphatic hydroxyl groups is 1. The van der Waals surface area contributed by atoms with Crippen LogP contribution in [0.15, 0.2) is 54.6 Å². The molecule has 0 radical (unpaired) electrons. The summed E-state index contributed by atoms with van der Waals surface area (Å²) >= 11 is 0. The summed E-state index contributed by atoms with van der Waals surface area (Å²) in [4.78, 5) is 0. The quantitative estimate of drug-likeness (QED) is 0.794. The molecule has 19 heavy (non-hydrogen) atoms. The molecule has 0 heterocycles. The molecular weight excluding hydrogens is 236 g/mol. The molecule has 100 valence electrons. The molecule has 2 aromatic carbocycles. The molecule has 0 saturated heterocycles. The molecule has 0 aliphatic carbocycles. The zero-order valence-corrected chi connectivity index (χ0v) is 11.3. The first kappa shape index (κ1) is 13.6. The van der Waals surface area contributed by atoms with Crippen LogP contribution < -0.4 is 4.74 Å². The molecule has 1 atom stereocenters. The lowest BCUT2D eigenvalue weighted by Gasteiger charge is -2.12. The highest BCUT2D eigenvalue weighted by Gasteiger charge is 2.05. The van der Waals surface area contributed by atoms with Crippen LogP contribution >= 0.6 is 0 Å². The first-order valence-corrected chi connectivity index (χ1v) is 6.72. The number of hydrogen-bond acceptors (Lipinski definition) is 2. The second-order valence-corrected chi connectivity index (χ2v) is 4.70. The fourth-order valence-electron chi connectivity index (χ4n) is 2.01. The summed E-state index contributed by atoms with van der Waals surface area (Å²) < 4.78 is 5.83. The van der Waals surface area contributed by atoms with Gasteiger partial charge in [0.25, 0.3) is 0 Å². The number of para-hydroxylation sites is 1. The van der Waals surface area contributed by atoms with E-state index in [0.717, 1.165) is 29.7 Å². The molecule has 2 aromatic rings. The molecule has 0 aliphatic rings. The van der Waals surface area contributed by atoms with Crippen LogP contribution in [0.4, 0.5) is 0 Å². The maximum absolute atomic E-state index is 9.23. The molecule has 0 bridgehead atoms. The summed E-state index contributed by atoms with van der Waals surface area (Å²) in [6.07, 6.45) is 1.38. The summed E-state index contributed by atoms with van der Waals surface area (Å²) in [5, 5.41) is 9.23. The largest absolute Gasteiger partial charge is 0.493 e. The van der Waals surface area contributed by atoms with E-state index in [2.05, 4.69) is 18.2 Å². The monoisotopic (exact) mass is 256 g/mol. The minimum absolute atomic E-state index is 0.257. The first-order chi connectivity index (χ1) is 9.27. The zero-order valence-electron chi connectivity index (χ0n) is 11.3. The van der Waals surface area contributed by atoms with Crippen molar-refractivity contribution in [3.05, 3.63) is 54.6 Å². The van der Waals surface area contributed by atoms with Gasteiger partial charge in [-0.3, -0.25) is 0 Å². The Labute approximate surface area is 114 Å². The highest BCUT2D eigenvalue weighted by Crippen LogP contribution is 2.29. The van der Waals surface area contributed by atoms with Gasteiger partial charge in [-0.25, -0.2) is 0 Å². The molecule has 0 amide bonds. The molecule has 1 N–H and O–H groups in total. The Morgan fingerprint density at radius 2 is 1.68 bits per heavy atom. The lowest BCUT2D eigenvalue weighted by Crippen LogP contribution is -2.04. The average Bonchev–Trinajstić information content (AvgIpc) is 2.45. The van der Waals surface area contributed by atoms with Crippen molar-refractivity contribution in [2.45, 2.75) is 25.9 Å². The molecule has 0 aromatic heterocycles. The molecule has 0 aliphatic heterocycles. The molecular formula is C17H20O2. The number of hydrogen-bond donors (Lipinski definition) is 1. The van der Waals surface area contributed by atoms with Crippen LogP contribution in [-0.4, -0.2) is 17.8 Å². The van der Waals surface area contributed by atoms with Gasteiger partial charge in [0.15, 0.2) is 0 Å². The summed E-state index contributed by atoms with van der Waals surface area (Å²) in [7, 11) is 0. The lowest BCUT2D eigenvalue weighted by molar-refractivity contribution is 0.170. The molecule has 2 rings (SSSR count). The fourth-order valence-corrected chi connectivity index (χ4v) is 2.01. The van der Waals surface area contributed by atoms with Crippen molar-refractivity contribution in [2.24, 2.45) is 0 Å². The summed E-state index contributed by atoms with van der Waals surface area (Å²) in [6.45, 7) is 2.44. The third-order valence-electron chi connectivity index (χ3n) is 3.00. The van der Waals surface area contributed by atoms with E-state index in [4.69, 9.17) is 4.74 Å². The molecule has 0 saturated carbocycles. The predicted molar refractivity (Wildman–Crippen MR) is 78.3 cm³/mol. The Morgan fingerprint density at radius 3 is 2.42 bits per heavy atom. The van der Waals surface area contributed by atoms with Crippen molar-refractivity contribution in [3.8, 4) is 16.9 Å². The van der Waals surface area contributed by atoms with Crippen LogP contribution in [-0.2, 0) is 0 Å². The van der Waals surface area contributed by atoms with Gasteiger partial charge in [0.1, 0.15) is 5.75 Å². The maximum atomic E-state index is 9.23. The van der Waals surface area contributed by atoms with E-state index < -0.39 is 0 Å². The Balaban J connectivity index is 2.05. The Kier molecular flexibility index (Phi) is 4.99. The standard InChI is InChI=1S/C17H20O2/c1-14(18)8-7-13-19-17-12-6-5-11-16(17)15-9-3-2-4-10-15/h2-6,9-12,14,18H,7-8,13H2,1H3. The van der Waals surface area contributed by atoms with Gasteiger partial charge in [-0.2, -0.15) is 0 Å². The first-order valence-electron chi connectivity index (χ1n) is 6.72. The third-order valence-corrected chi connectivity index (χ3v) is 3.00. The van der Waals surface area contributed by atoms with E-state index in [1.54, 1.807) is 6.92 Å². The van der Waals surface area contributed by atoms with Crippen LogP contribution in [0.5, 0.6) is 5.75 Å². The van der Waals surface area contributed by atoms with Crippen molar-refractivity contribution < 1.29 is 9.84 Å². The summed E-state index contributed by atoms with van der Waals surface area (Å²) in [5.41, 5.74) is 2.27. The minimum atomic E-state index is -0.257. The third kappa shape index (κ3) is 4.11. The zero-order chi connectivity index (χ0) is 13.5. The van der Waals surface area contributed by atoms with Gasteiger partial charge in [0.2, 0.25) is 0 Å². The van der Waals surface area contributed by atoms with Crippen molar-refractivity contribution in [1.29, 1.82) is 0 Å². The van der Waals surface area contributed by atoms with Crippen LogP contribution in [0.3, 0.4) is 0 Å². The molecule has 0 spiro atoms. The Hall–Kier alpha value is -1.80. The predicted octanol–water partition coefficient (Wildman–Crippen LogP) is 3.89. The van der Waals surface area contributed by atoms with Gasteiger partial charge < -0.3 is 9.84 Å². The normalized spacial score (nSPS) is 12.1. The molecule has 0 fully saturated rings. The van der Waals surface area contributed by atoms with Crippen LogP contribution in [0.1, 0.15) is 19.8 Å². The highest BCUT2D eigenvalue weighted by atomic mass is 16.5. The van der Waals surface area contributed by atoms with Gasteiger partial charge in [-0.05, 0) is 31.4 Å². The van der Waals surface area contributed by atoms with E-state index in [9.17, 15) is 5.11 Å². The maximum Gasteiger partial charge on any atom is 0.127 e. The van der Waals surface area contributed by atoms with Crippen LogP contribution in [0.25, 0.3) is 11.1 Å². The summed E-state index contributed by atoms with van der Waals surface area (Å²) in [6, 6.07) is 18.3. The highest BCUT2D eigenvalue weighted by molar-refractivity contribution is 5.70. The van der Waals surface area contributed by atoms with Crippen LogP contribution in [0, 0.1) is 0 Å². The van der Waals surface area contributed by atoms with Gasteiger partial charge in [-0.15, -0.1) is 0 Å². The Bertz CT molecular complexity index is 492. The van der Waals surface area contributed by atoms with Crippen molar-refractivity contribution >= 4 is 0 Å². The number of benzene rings is 2. The minimum Gasteiger partial charge on any atom is -0.493 e. The Morgan fingerprint density at radius 1 is 1.00 bits per heavy atom. The van der Waals surface area contributed by atoms with Gasteiger partial charge >= 0.3 is 0 Å². The molecule has 2 nitrogen and oxygen atoms in total. The lowest BCUT2D eigenvalue weighted by atomic mass is 10.1. The van der Waals surface area contributed by atoms with Gasteiger partial charge in [0.05, 0.1) is 12.7 Å². The molecule has 2 heteroatoms. The van der Waals surface area contributed by atoms with E-state index in [-0.39, 0.29) is 6.10 Å². The second-order valence-electron chi connectivity index (χ2n) is 4.70. The number of aliphatic hydroxyl groups excluding tert-OH is 1. The average molecular weight is 256 g/mol. The van der Waals surface area contributed by atoms with E-state index in [1.165, 1.54) is 0 Å². The van der Waals surface area contributed by atoms with E-state index >= 15 is 0 Å². The summed E-state index contributed by atoms with van der Waals surface area (Å²) in [5.74, 6) is 0.902. The number of rotatable bonds is 6. The topological polar surface area (TPSA) is 29.5 Å². The fraction of sp³-hybridized carbons (Fsp3) is 0.294. The van der Waals surface area contributed by atoms with Crippen molar-refractivity contribution in [2.75, 3.05) is 6.61 Å². The van der Waals surface area contributed by atoms with Crippen molar-refractivity contribution in [1.82, 2.24) is 0 Å². The van der Waals surface area contributed by atoms with Crippen LogP contribution in [0.2, 0.25) is 0 Å². The van der Waals surface area contributed by atoms with Crippen molar-refractivity contribution in [3.63, 3.8) is 0 Å². The van der Waals surface area contributed by atoms with Gasteiger partial charge in [0, 0.05) is 5.56 Å². The SMILES string of the molecule is CC(O)CCCOc1ccccc1-c1ccccc1. The van der Waals surface area contributed by atoms with E-state index in [1.807, 2.05) is 36.4 Å². The number of ether oxygens (including phenoxy) is 1. The molecule has 1 unspecified atom stereocenters.